The highest BCUT2D eigenvalue weighted by atomic mass is 127. The van der Waals surface area contributed by atoms with Crippen molar-refractivity contribution in [1.82, 2.24) is 9.97 Å². The molecule has 18 heavy (non-hydrogen) atoms. The van der Waals surface area contributed by atoms with Gasteiger partial charge in [-0.05, 0) is 47.8 Å². The Bertz CT molecular complexity index is 560. The van der Waals surface area contributed by atoms with E-state index in [2.05, 4.69) is 39.5 Å². The second kappa shape index (κ2) is 5.07. The van der Waals surface area contributed by atoms with Gasteiger partial charge < -0.3 is 9.72 Å². The van der Waals surface area contributed by atoms with E-state index in [9.17, 15) is 0 Å². The van der Waals surface area contributed by atoms with Crippen LogP contribution in [0, 0.1) is 3.57 Å². The van der Waals surface area contributed by atoms with Gasteiger partial charge in [-0.25, -0.2) is 0 Å². The quantitative estimate of drug-likeness (QED) is 0.643. The molecule has 0 aromatic carbocycles. The Kier molecular flexibility index (Phi) is 3.46. The molecule has 0 amide bonds. The molecule has 0 bridgehead atoms. The van der Waals surface area contributed by atoms with Crippen LogP contribution >= 0.6 is 22.6 Å². The van der Waals surface area contributed by atoms with Gasteiger partial charge in [-0.3, -0.25) is 4.98 Å². The van der Waals surface area contributed by atoms with Crippen molar-refractivity contribution in [3.63, 3.8) is 0 Å². The average molecular weight is 356 g/mol. The summed E-state index contributed by atoms with van der Waals surface area (Å²) in [7, 11) is 0. The summed E-state index contributed by atoms with van der Waals surface area (Å²) in [6.07, 6.45) is 8.82. The zero-order chi connectivity index (χ0) is 12.5. The number of pyridine rings is 1. The molecule has 1 aliphatic carbocycles. The highest BCUT2D eigenvalue weighted by Gasteiger charge is 2.29. The van der Waals surface area contributed by atoms with Crippen LogP contribution in [0.3, 0.4) is 0 Å². The van der Waals surface area contributed by atoms with Gasteiger partial charge >= 0.3 is 0 Å². The summed E-state index contributed by atoms with van der Waals surface area (Å²) in [5.41, 5.74) is 3.39. The van der Waals surface area contributed by atoms with Crippen LogP contribution in [0.2, 0.25) is 0 Å². The minimum atomic E-state index is 0.666. The molecule has 2 heterocycles. The standard InChI is InChI=1S/C14H17IN2O/c1-2-3-6-18-14-10(9-4-5-9)7-16-12-11(15)8-17-13(12)14/h7-9,17H,2-6H2,1H3. The van der Waals surface area contributed by atoms with Gasteiger partial charge in [-0.1, -0.05) is 13.3 Å². The van der Waals surface area contributed by atoms with Crippen LogP contribution in [0.1, 0.15) is 44.1 Å². The van der Waals surface area contributed by atoms with E-state index in [1.165, 1.54) is 18.4 Å². The van der Waals surface area contributed by atoms with Gasteiger partial charge in [0.1, 0.15) is 16.8 Å². The first-order valence-corrected chi connectivity index (χ1v) is 7.67. The topological polar surface area (TPSA) is 37.9 Å². The smallest absolute Gasteiger partial charge is 0.149 e. The Morgan fingerprint density at radius 1 is 1.50 bits per heavy atom. The van der Waals surface area contributed by atoms with Crippen molar-refractivity contribution in [1.29, 1.82) is 0 Å². The zero-order valence-corrected chi connectivity index (χ0v) is 12.7. The van der Waals surface area contributed by atoms with Crippen LogP contribution in [0.5, 0.6) is 5.75 Å². The SMILES string of the molecule is CCCCOc1c(C2CC2)cnc2c(I)c[nH]c12. The lowest BCUT2D eigenvalue weighted by molar-refractivity contribution is 0.309. The molecule has 0 radical (unpaired) electrons. The first kappa shape index (κ1) is 12.3. The lowest BCUT2D eigenvalue weighted by Gasteiger charge is -2.11. The zero-order valence-electron chi connectivity index (χ0n) is 10.5. The number of hydrogen-bond donors (Lipinski definition) is 1. The molecule has 1 N–H and O–H groups in total. The first-order chi connectivity index (χ1) is 8.81. The van der Waals surface area contributed by atoms with Gasteiger partial charge in [-0.2, -0.15) is 0 Å². The fourth-order valence-electron chi connectivity index (χ4n) is 2.19. The summed E-state index contributed by atoms with van der Waals surface area (Å²) in [6.45, 7) is 2.98. The monoisotopic (exact) mass is 356 g/mol. The van der Waals surface area contributed by atoms with Gasteiger partial charge in [0.25, 0.3) is 0 Å². The Morgan fingerprint density at radius 2 is 2.33 bits per heavy atom. The molecule has 1 saturated carbocycles. The third-order valence-corrected chi connectivity index (χ3v) is 4.21. The van der Waals surface area contributed by atoms with Crippen molar-refractivity contribution in [2.45, 2.75) is 38.5 Å². The van der Waals surface area contributed by atoms with Gasteiger partial charge in [0.05, 0.1) is 10.2 Å². The maximum atomic E-state index is 6.03. The lowest BCUT2D eigenvalue weighted by Crippen LogP contribution is -2.01. The summed E-state index contributed by atoms with van der Waals surface area (Å²) in [4.78, 5) is 7.88. The van der Waals surface area contributed by atoms with E-state index in [-0.39, 0.29) is 0 Å². The number of ether oxygens (including phenoxy) is 1. The molecule has 96 valence electrons. The third kappa shape index (κ3) is 2.22. The summed E-state index contributed by atoms with van der Waals surface area (Å²) < 4.78 is 7.19. The van der Waals surface area contributed by atoms with Crippen LogP contribution in [0.15, 0.2) is 12.4 Å². The van der Waals surface area contributed by atoms with E-state index < -0.39 is 0 Å². The molecule has 2 aromatic heterocycles. The number of aromatic nitrogens is 2. The average Bonchev–Trinajstić information content (AvgIpc) is 3.15. The minimum Gasteiger partial charge on any atom is -0.491 e. The van der Waals surface area contributed by atoms with Crippen molar-refractivity contribution in [2.75, 3.05) is 6.61 Å². The maximum Gasteiger partial charge on any atom is 0.149 e. The van der Waals surface area contributed by atoms with Gasteiger partial charge in [0.2, 0.25) is 0 Å². The van der Waals surface area contributed by atoms with E-state index in [0.29, 0.717) is 5.92 Å². The van der Waals surface area contributed by atoms with Crippen LogP contribution in [-0.4, -0.2) is 16.6 Å². The van der Waals surface area contributed by atoms with Crippen LogP contribution < -0.4 is 4.74 Å². The number of H-pyrrole nitrogens is 1. The summed E-state index contributed by atoms with van der Waals surface area (Å²) in [6, 6.07) is 0. The molecule has 0 unspecified atom stereocenters. The number of rotatable bonds is 5. The van der Waals surface area contributed by atoms with E-state index in [1.807, 2.05) is 12.4 Å². The lowest BCUT2D eigenvalue weighted by atomic mass is 10.1. The summed E-state index contributed by atoms with van der Waals surface area (Å²) >= 11 is 2.31. The number of aromatic amines is 1. The highest BCUT2D eigenvalue weighted by Crippen LogP contribution is 2.46. The predicted molar refractivity (Wildman–Crippen MR) is 81.2 cm³/mol. The molecule has 4 heteroatoms. The summed E-state index contributed by atoms with van der Waals surface area (Å²) in [5.74, 6) is 1.71. The van der Waals surface area contributed by atoms with Crippen molar-refractivity contribution < 1.29 is 4.74 Å². The molecule has 0 spiro atoms. The number of fused-ring (bicyclic) bond motifs is 1. The molecule has 3 rings (SSSR count). The Hall–Kier alpha value is -0.780. The van der Waals surface area contributed by atoms with Crippen molar-refractivity contribution in [3.8, 4) is 5.75 Å². The second-order valence-corrected chi connectivity index (χ2v) is 6.04. The number of nitrogens with zero attached hydrogens (tertiary/aromatic N) is 1. The molecule has 3 nitrogen and oxygen atoms in total. The maximum absolute atomic E-state index is 6.03. The van der Waals surface area contributed by atoms with E-state index in [1.54, 1.807) is 0 Å². The van der Waals surface area contributed by atoms with E-state index in [0.717, 1.165) is 39.8 Å². The number of unbranched alkanes of at least 4 members (excludes halogenated alkanes) is 1. The Balaban J connectivity index is 2.01. The molecule has 0 saturated heterocycles. The summed E-state index contributed by atoms with van der Waals surface area (Å²) in [5, 5.41) is 0. The largest absolute Gasteiger partial charge is 0.491 e. The Morgan fingerprint density at radius 3 is 3.06 bits per heavy atom. The molecule has 1 aliphatic rings. The number of halogens is 1. The highest BCUT2D eigenvalue weighted by molar-refractivity contribution is 14.1. The van der Waals surface area contributed by atoms with Crippen molar-refractivity contribution >= 4 is 33.6 Å². The van der Waals surface area contributed by atoms with Gasteiger partial charge in [0.15, 0.2) is 0 Å². The number of nitrogens with one attached hydrogen (secondary N) is 1. The fraction of sp³-hybridized carbons (Fsp3) is 0.500. The van der Waals surface area contributed by atoms with E-state index in [4.69, 9.17) is 4.74 Å². The molecule has 1 fully saturated rings. The third-order valence-electron chi connectivity index (χ3n) is 3.39. The predicted octanol–water partition coefficient (Wildman–Crippen LogP) is 4.22. The van der Waals surface area contributed by atoms with Crippen LogP contribution in [0.4, 0.5) is 0 Å². The van der Waals surface area contributed by atoms with Gasteiger partial charge in [0, 0.05) is 18.0 Å². The minimum absolute atomic E-state index is 0.666. The normalized spacial score (nSPS) is 15.2. The van der Waals surface area contributed by atoms with Crippen molar-refractivity contribution in [3.05, 3.63) is 21.5 Å². The molecule has 2 aromatic rings. The van der Waals surface area contributed by atoms with Crippen LogP contribution in [0.25, 0.3) is 11.0 Å². The molecule has 0 aliphatic heterocycles. The van der Waals surface area contributed by atoms with Crippen molar-refractivity contribution in [2.24, 2.45) is 0 Å². The fourth-order valence-corrected chi connectivity index (χ4v) is 2.75. The Labute approximate surface area is 120 Å². The molecule has 0 atom stereocenters. The van der Waals surface area contributed by atoms with E-state index >= 15 is 0 Å². The first-order valence-electron chi connectivity index (χ1n) is 6.59. The van der Waals surface area contributed by atoms with Gasteiger partial charge in [-0.15, -0.1) is 0 Å². The molecular formula is C14H17IN2O. The van der Waals surface area contributed by atoms with Crippen LogP contribution in [-0.2, 0) is 0 Å². The number of hydrogen-bond acceptors (Lipinski definition) is 2. The second-order valence-electron chi connectivity index (χ2n) is 4.88. The molecular weight excluding hydrogens is 339 g/mol.